The number of hydrogen-bond acceptors (Lipinski definition) is 3. The fourth-order valence-corrected chi connectivity index (χ4v) is 2.90. The van der Waals surface area contributed by atoms with Gasteiger partial charge < -0.3 is 15.1 Å². The smallest absolute Gasteiger partial charge is 0.226 e. The van der Waals surface area contributed by atoms with Gasteiger partial charge in [0, 0.05) is 51.7 Å². The molecule has 2 fully saturated rings. The van der Waals surface area contributed by atoms with Crippen LogP contribution in [0.3, 0.4) is 0 Å². The van der Waals surface area contributed by atoms with Gasteiger partial charge in [0.15, 0.2) is 0 Å². The summed E-state index contributed by atoms with van der Waals surface area (Å²) in [6, 6.07) is 0. The maximum atomic E-state index is 12.4. The van der Waals surface area contributed by atoms with E-state index in [-0.39, 0.29) is 5.92 Å². The molecule has 2 heterocycles. The second-order valence-corrected chi connectivity index (χ2v) is 5.96. The van der Waals surface area contributed by atoms with Gasteiger partial charge in [-0.05, 0) is 18.8 Å². The van der Waals surface area contributed by atoms with E-state index in [2.05, 4.69) is 29.0 Å². The molecule has 18 heavy (non-hydrogen) atoms. The minimum atomic E-state index is 0.150. The Morgan fingerprint density at radius 3 is 2.44 bits per heavy atom. The lowest BCUT2D eigenvalue weighted by atomic mass is 9.98. The normalized spacial score (nSPS) is 25.1. The molecule has 1 unspecified atom stereocenters. The zero-order chi connectivity index (χ0) is 13.0. The fourth-order valence-electron chi connectivity index (χ4n) is 2.90. The summed E-state index contributed by atoms with van der Waals surface area (Å²) in [6.45, 7) is 11.5. The lowest BCUT2D eigenvalue weighted by molar-refractivity contribution is -0.137. The summed E-state index contributed by atoms with van der Waals surface area (Å²) < 4.78 is 0. The molecule has 0 bridgehead atoms. The third-order valence-corrected chi connectivity index (χ3v) is 4.26. The Kier molecular flexibility index (Phi) is 5.01. The van der Waals surface area contributed by atoms with Gasteiger partial charge in [-0.25, -0.2) is 0 Å². The summed E-state index contributed by atoms with van der Waals surface area (Å²) in [5.74, 6) is 1.30. The first-order chi connectivity index (χ1) is 8.66. The molecule has 0 aromatic carbocycles. The average molecular weight is 253 g/mol. The van der Waals surface area contributed by atoms with Crippen LogP contribution in [0.15, 0.2) is 0 Å². The van der Waals surface area contributed by atoms with Gasteiger partial charge in [0.2, 0.25) is 5.91 Å². The van der Waals surface area contributed by atoms with E-state index in [1.54, 1.807) is 0 Å². The maximum absolute atomic E-state index is 12.4. The van der Waals surface area contributed by atoms with E-state index in [1.807, 2.05) is 0 Å². The molecule has 2 aliphatic rings. The van der Waals surface area contributed by atoms with Gasteiger partial charge in [-0.1, -0.05) is 13.8 Å². The minimum absolute atomic E-state index is 0.150. The van der Waals surface area contributed by atoms with E-state index in [0.29, 0.717) is 5.91 Å². The SMILES string of the molecule is CC1CCN(C(=O)C(C)CN2CCNCC2)CC1. The summed E-state index contributed by atoms with van der Waals surface area (Å²) in [4.78, 5) is 16.8. The molecule has 2 rings (SSSR count). The Morgan fingerprint density at radius 2 is 1.83 bits per heavy atom. The summed E-state index contributed by atoms with van der Waals surface area (Å²) >= 11 is 0. The van der Waals surface area contributed by atoms with E-state index in [4.69, 9.17) is 0 Å². The largest absolute Gasteiger partial charge is 0.342 e. The van der Waals surface area contributed by atoms with Crippen molar-refractivity contribution in [3.05, 3.63) is 0 Å². The number of nitrogens with zero attached hydrogens (tertiary/aromatic N) is 2. The molecule has 0 aromatic heterocycles. The Bertz CT molecular complexity index is 268. The first kappa shape index (κ1) is 13.8. The highest BCUT2D eigenvalue weighted by Gasteiger charge is 2.25. The quantitative estimate of drug-likeness (QED) is 0.807. The number of likely N-dealkylation sites (tertiary alicyclic amines) is 1. The number of piperazine rings is 1. The zero-order valence-corrected chi connectivity index (χ0v) is 11.8. The predicted octanol–water partition coefficient (Wildman–Crippen LogP) is 0.786. The number of carbonyl (C=O) groups excluding carboxylic acids is 1. The number of piperidine rings is 1. The highest BCUT2D eigenvalue weighted by molar-refractivity contribution is 5.78. The lowest BCUT2D eigenvalue weighted by Crippen LogP contribution is -2.48. The highest BCUT2D eigenvalue weighted by atomic mass is 16.2. The van der Waals surface area contributed by atoms with Crippen molar-refractivity contribution >= 4 is 5.91 Å². The molecular weight excluding hydrogens is 226 g/mol. The van der Waals surface area contributed by atoms with E-state index in [0.717, 1.165) is 51.7 Å². The zero-order valence-electron chi connectivity index (χ0n) is 11.8. The van der Waals surface area contributed by atoms with Gasteiger partial charge in [0.1, 0.15) is 0 Å². The molecule has 0 radical (unpaired) electrons. The van der Waals surface area contributed by atoms with Crippen molar-refractivity contribution in [2.24, 2.45) is 11.8 Å². The lowest BCUT2D eigenvalue weighted by Gasteiger charge is -2.34. The summed E-state index contributed by atoms with van der Waals surface area (Å²) in [6.07, 6.45) is 2.35. The highest BCUT2D eigenvalue weighted by Crippen LogP contribution is 2.18. The molecule has 1 N–H and O–H groups in total. The van der Waals surface area contributed by atoms with Gasteiger partial charge in [-0.3, -0.25) is 4.79 Å². The molecule has 2 saturated heterocycles. The van der Waals surface area contributed by atoms with Crippen LogP contribution in [-0.4, -0.2) is 61.5 Å². The van der Waals surface area contributed by atoms with Crippen LogP contribution < -0.4 is 5.32 Å². The second kappa shape index (κ2) is 6.53. The van der Waals surface area contributed by atoms with Crippen molar-refractivity contribution < 1.29 is 4.79 Å². The fraction of sp³-hybridized carbons (Fsp3) is 0.929. The molecule has 0 saturated carbocycles. The van der Waals surface area contributed by atoms with Gasteiger partial charge >= 0.3 is 0 Å². The molecule has 104 valence electrons. The molecule has 0 aromatic rings. The van der Waals surface area contributed by atoms with Crippen molar-refractivity contribution in [1.82, 2.24) is 15.1 Å². The van der Waals surface area contributed by atoms with Crippen LogP contribution in [0, 0.1) is 11.8 Å². The third-order valence-electron chi connectivity index (χ3n) is 4.26. The van der Waals surface area contributed by atoms with Gasteiger partial charge in [-0.15, -0.1) is 0 Å². The first-order valence-electron chi connectivity index (χ1n) is 7.38. The van der Waals surface area contributed by atoms with Crippen LogP contribution >= 0.6 is 0 Å². The number of hydrogen-bond donors (Lipinski definition) is 1. The Balaban J connectivity index is 1.77. The molecule has 4 heteroatoms. The van der Waals surface area contributed by atoms with E-state index in [1.165, 1.54) is 12.8 Å². The molecule has 0 aliphatic carbocycles. The summed E-state index contributed by atoms with van der Waals surface area (Å²) in [5, 5.41) is 3.35. The predicted molar refractivity (Wildman–Crippen MR) is 73.5 cm³/mol. The Morgan fingerprint density at radius 1 is 1.22 bits per heavy atom. The van der Waals surface area contributed by atoms with Crippen LogP contribution in [0.2, 0.25) is 0 Å². The topological polar surface area (TPSA) is 35.6 Å². The van der Waals surface area contributed by atoms with E-state index in [9.17, 15) is 4.79 Å². The molecule has 1 amide bonds. The monoisotopic (exact) mass is 253 g/mol. The molecule has 2 aliphatic heterocycles. The van der Waals surface area contributed by atoms with Crippen LogP contribution in [0.4, 0.5) is 0 Å². The summed E-state index contributed by atoms with van der Waals surface area (Å²) in [5.41, 5.74) is 0. The number of carbonyl (C=O) groups is 1. The van der Waals surface area contributed by atoms with E-state index < -0.39 is 0 Å². The number of rotatable bonds is 3. The van der Waals surface area contributed by atoms with Crippen molar-refractivity contribution in [1.29, 1.82) is 0 Å². The van der Waals surface area contributed by atoms with Crippen LogP contribution in [0.25, 0.3) is 0 Å². The van der Waals surface area contributed by atoms with E-state index >= 15 is 0 Å². The van der Waals surface area contributed by atoms with Crippen molar-refractivity contribution in [2.75, 3.05) is 45.8 Å². The molecule has 0 spiro atoms. The minimum Gasteiger partial charge on any atom is -0.342 e. The van der Waals surface area contributed by atoms with Crippen LogP contribution in [-0.2, 0) is 4.79 Å². The molecule has 1 atom stereocenters. The van der Waals surface area contributed by atoms with Crippen molar-refractivity contribution in [3.63, 3.8) is 0 Å². The Labute approximate surface area is 111 Å². The van der Waals surface area contributed by atoms with Crippen molar-refractivity contribution in [2.45, 2.75) is 26.7 Å². The van der Waals surface area contributed by atoms with Crippen LogP contribution in [0.5, 0.6) is 0 Å². The van der Waals surface area contributed by atoms with Gasteiger partial charge in [-0.2, -0.15) is 0 Å². The first-order valence-corrected chi connectivity index (χ1v) is 7.38. The van der Waals surface area contributed by atoms with Gasteiger partial charge in [0.25, 0.3) is 0 Å². The standard InChI is InChI=1S/C14H27N3O/c1-12-3-7-17(8-4-12)14(18)13(2)11-16-9-5-15-6-10-16/h12-13,15H,3-11H2,1-2H3. The number of nitrogens with one attached hydrogen (secondary N) is 1. The van der Waals surface area contributed by atoms with Gasteiger partial charge in [0.05, 0.1) is 0 Å². The maximum Gasteiger partial charge on any atom is 0.226 e. The second-order valence-electron chi connectivity index (χ2n) is 5.96. The average Bonchev–Trinajstić information content (AvgIpc) is 2.40. The summed E-state index contributed by atoms with van der Waals surface area (Å²) in [7, 11) is 0. The molecular formula is C14H27N3O. The molecule has 4 nitrogen and oxygen atoms in total. The number of amides is 1. The Hall–Kier alpha value is -0.610. The van der Waals surface area contributed by atoms with Crippen molar-refractivity contribution in [3.8, 4) is 0 Å². The third kappa shape index (κ3) is 3.69. The van der Waals surface area contributed by atoms with Crippen LogP contribution in [0.1, 0.15) is 26.7 Å².